The van der Waals surface area contributed by atoms with Gasteiger partial charge in [-0.25, -0.2) is 0 Å². The molecule has 0 atom stereocenters. The summed E-state index contributed by atoms with van der Waals surface area (Å²) in [5.41, 5.74) is 12.3. The van der Waals surface area contributed by atoms with E-state index in [4.69, 9.17) is 16.0 Å². The van der Waals surface area contributed by atoms with Crippen molar-refractivity contribution in [1.82, 2.24) is 10.1 Å². The third-order valence-electron chi connectivity index (χ3n) is 1.66. The van der Waals surface area contributed by atoms with Gasteiger partial charge in [-0.05, 0) is 39.3 Å². The lowest BCUT2D eigenvalue weighted by atomic mass is 10.2. The zero-order valence-electron chi connectivity index (χ0n) is 7.07. The molecular weight excluding hydrogens is 248 g/mol. The number of halogens is 1. The van der Waals surface area contributed by atoms with Gasteiger partial charge in [0.15, 0.2) is 0 Å². The van der Waals surface area contributed by atoms with E-state index in [0.717, 1.165) is 10.0 Å². The van der Waals surface area contributed by atoms with E-state index in [0.29, 0.717) is 11.6 Å². The first kappa shape index (κ1) is 9.01. The van der Waals surface area contributed by atoms with Crippen molar-refractivity contribution in [3.63, 3.8) is 0 Å². The summed E-state index contributed by atoms with van der Waals surface area (Å²) in [4.78, 5) is 3.90. The van der Waals surface area contributed by atoms with Crippen LogP contribution >= 0.6 is 15.9 Å². The fourth-order valence-corrected chi connectivity index (χ4v) is 1.47. The molecule has 0 spiro atoms. The molecule has 4 N–H and O–H groups in total. The molecule has 2 rings (SSSR count). The van der Waals surface area contributed by atoms with E-state index < -0.39 is 0 Å². The first-order valence-electron chi connectivity index (χ1n) is 3.81. The summed E-state index contributed by atoms with van der Waals surface area (Å²) >= 11 is 3.35. The molecule has 0 radical (unpaired) electrons. The van der Waals surface area contributed by atoms with Crippen LogP contribution in [0.5, 0.6) is 0 Å². The number of hydrogen-bond donors (Lipinski definition) is 2. The highest BCUT2D eigenvalue weighted by Gasteiger charge is 2.10. The highest BCUT2D eigenvalue weighted by Crippen LogP contribution is 2.28. The van der Waals surface area contributed by atoms with Gasteiger partial charge >= 0.3 is 0 Å². The molecule has 72 valence electrons. The van der Waals surface area contributed by atoms with Crippen molar-refractivity contribution < 1.29 is 4.52 Å². The molecule has 1 aromatic heterocycles. The molecule has 0 aliphatic rings. The molecule has 0 fully saturated rings. The molecule has 6 heteroatoms. The maximum atomic E-state index is 5.63. The summed E-state index contributed by atoms with van der Waals surface area (Å²) in [6.07, 6.45) is 0. The van der Waals surface area contributed by atoms with Crippen LogP contribution in [0.4, 0.5) is 11.6 Å². The summed E-state index contributed by atoms with van der Waals surface area (Å²) < 4.78 is 5.74. The lowest BCUT2D eigenvalue weighted by Gasteiger charge is -1.99. The standard InChI is InChI=1S/C8H7BrN4O/c9-6-2-1-4(10)3-5(6)7-12-8(11)13-14-7/h1-3H,10H2,(H2,11,13). The van der Waals surface area contributed by atoms with Crippen LogP contribution in [-0.4, -0.2) is 10.1 Å². The second kappa shape index (κ2) is 3.30. The van der Waals surface area contributed by atoms with E-state index in [1.807, 2.05) is 6.07 Å². The van der Waals surface area contributed by atoms with Gasteiger partial charge in [0.25, 0.3) is 11.8 Å². The number of nitrogens with zero attached hydrogens (tertiary/aromatic N) is 2. The van der Waals surface area contributed by atoms with Gasteiger partial charge in [0.2, 0.25) is 0 Å². The molecule has 0 unspecified atom stereocenters. The van der Waals surface area contributed by atoms with Crippen molar-refractivity contribution >= 4 is 27.6 Å². The number of benzene rings is 1. The third kappa shape index (κ3) is 1.56. The Kier molecular flexibility index (Phi) is 2.12. The maximum Gasteiger partial charge on any atom is 0.261 e. The van der Waals surface area contributed by atoms with Crippen LogP contribution in [0.15, 0.2) is 27.2 Å². The SMILES string of the molecule is Nc1ccc(Br)c(-c2nc(N)no2)c1. The Hall–Kier alpha value is -1.56. The minimum atomic E-state index is 0.106. The molecule has 5 nitrogen and oxygen atoms in total. The van der Waals surface area contributed by atoms with Crippen LogP contribution in [0.25, 0.3) is 11.5 Å². The van der Waals surface area contributed by atoms with Crippen LogP contribution < -0.4 is 11.5 Å². The van der Waals surface area contributed by atoms with Crippen LogP contribution in [0, 0.1) is 0 Å². The second-order valence-electron chi connectivity index (χ2n) is 2.70. The number of anilines is 2. The molecule has 0 aliphatic carbocycles. The minimum absolute atomic E-state index is 0.106. The highest BCUT2D eigenvalue weighted by molar-refractivity contribution is 9.10. The maximum absolute atomic E-state index is 5.63. The average molecular weight is 255 g/mol. The van der Waals surface area contributed by atoms with Crippen LogP contribution in [0.1, 0.15) is 0 Å². The zero-order chi connectivity index (χ0) is 10.1. The summed E-state index contributed by atoms with van der Waals surface area (Å²) in [7, 11) is 0. The molecule has 0 saturated heterocycles. The number of aromatic nitrogens is 2. The van der Waals surface area contributed by atoms with Crippen LogP contribution in [0.3, 0.4) is 0 Å². The van der Waals surface area contributed by atoms with Gasteiger partial charge in [0.05, 0.1) is 5.56 Å². The molecule has 0 amide bonds. The molecule has 14 heavy (non-hydrogen) atoms. The van der Waals surface area contributed by atoms with Crippen molar-refractivity contribution in [3.05, 3.63) is 22.7 Å². The molecule has 2 aromatic rings. The van der Waals surface area contributed by atoms with Gasteiger partial charge < -0.3 is 16.0 Å². The van der Waals surface area contributed by atoms with Crippen molar-refractivity contribution in [2.75, 3.05) is 11.5 Å². The van der Waals surface area contributed by atoms with Gasteiger partial charge in [0.1, 0.15) is 0 Å². The van der Waals surface area contributed by atoms with Gasteiger partial charge in [-0.3, -0.25) is 0 Å². The molecular formula is C8H7BrN4O. The lowest BCUT2D eigenvalue weighted by molar-refractivity contribution is 0.433. The first-order valence-corrected chi connectivity index (χ1v) is 4.60. The van der Waals surface area contributed by atoms with Gasteiger partial charge in [-0.2, -0.15) is 4.98 Å². The summed E-state index contributed by atoms with van der Waals surface area (Å²) in [6.45, 7) is 0. The average Bonchev–Trinajstić information content (AvgIpc) is 2.56. The van der Waals surface area contributed by atoms with Gasteiger partial charge in [-0.1, -0.05) is 0 Å². The first-order chi connectivity index (χ1) is 6.66. The second-order valence-corrected chi connectivity index (χ2v) is 3.55. The molecule has 0 bridgehead atoms. The smallest absolute Gasteiger partial charge is 0.261 e. The lowest BCUT2D eigenvalue weighted by Crippen LogP contribution is -1.88. The number of nitrogen functional groups attached to an aromatic ring is 2. The van der Waals surface area contributed by atoms with Crippen LogP contribution in [-0.2, 0) is 0 Å². The zero-order valence-corrected chi connectivity index (χ0v) is 8.65. The number of nitrogens with two attached hydrogens (primary N) is 2. The third-order valence-corrected chi connectivity index (χ3v) is 2.35. The van der Waals surface area contributed by atoms with E-state index >= 15 is 0 Å². The minimum Gasteiger partial charge on any atom is -0.399 e. The van der Waals surface area contributed by atoms with Crippen molar-refractivity contribution in [2.24, 2.45) is 0 Å². The quantitative estimate of drug-likeness (QED) is 0.756. The summed E-state index contributed by atoms with van der Waals surface area (Å²) in [6, 6.07) is 5.31. The summed E-state index contributed by atoms with van der Waals surface area (Å²) in [5.74, 6) is 0.455. The van der Waals surface area contributed by atoms with E-state index in [1.165, 1.54) is 0 Å². The summed E-state index contributed by atoms with van der Waals surface area (Å²) in [5, 5.41) is 3.49. The monoisotopic (exact) mass is 254 g/mol. The Balaban J connectivity index is 2.55. The predicted molar refractivity (Wildman–Crippen MR) is 56.3 cm³/mol. The Bertz CT molecular complexity index is 468. The topological polar surface area (TPSA) is 91.0 Å². The molecule has 0 saturated carbocycles. The Morgan fingerprint density at radius 1 is 1.29 bits per heavy atom. The van der Waals surface area contributed by atoms with Gasteiger partial charge in [-0.15, -0.1) is 0 Å². The van der Waals surface area contributed by atoms with Gasteiger partial charge in [0, 0.05) is 10.2 Å². The predicted octanol–water partition coefficient (Wildman–Crippen LogP) is 1.66. The highest BCUT2D eigenvalue weighted by atomic mass is 79.9. The molecule has 1 heterocycles. The van der Waals surface area contributed by atoms with E-state index in [2.05, 4.69) is 26.1 Å². The fraction of sp³-hybridized carbons (Fsp3) is 0. The van der Waals surface area contributed by atoms with Crippen molar-refractivity contribution in [1.29, 1.82) is 0 Å². The largest absolute Gasteiger partial charge is 0.399 e. The number of rotatable bonds is 1. The number of hydrogen-bond acceptors (Lipinski definition) is 5. The van der Waals surface area contributed by atoms with Crippen molar-refractivity contribution in [2.45, 2.75) is 0 Å². The molecule has 1 aromatic carbocycles. The Morgan fingerprint density at radius 3 is 2.71 bits per heavy atom. The molecule has 0 aliphatic heterocycles. The van der Waals surface area contributed by atoms with Crippen LogP contribution in [0.2, 0.25) is 0 Å². The fourth-order valence-electron chi connectivity index (χ4n) is 1.05. The van der Waals surface area contributed by atoms with Crippen molar-refractivity contribution in [3.8, 4) is 11.5 Å². The van der Waals surface area contributed by atoms with E-state index in [1.54, 1.807) is 12.1 Å². The normalized spacial score (nSPS) is 10.4. The Morgan fingerprint density at radius 2 is 2.07 bits per heavy atom. The van der Waals surface area contributed by atoms with E-state index in [9.17, 15) is 0 Å². The Labute approximate surface area is 88.2 Å². The van der Waals surface area contributed by atoms with E-state index in [-0.39, 0.29) is 5.95 Å².